The molecule has 0 bridgehead atoms. The van der Waals surface area contributed by atoms with E-state index in [1.165, 1.54) is 10.6 Å². The summed E-state index contributed by atoms with van der Waals surface area (Å²) in [5.41, 5.74) is 1.95. The van der Waals surface area contributed by atoms with Gasteiger partial charge in [-0.1, -0.05) is 23.5 Å². The Morgan fingerprint density at radius 3 is 3.04 bits per heavy atom. The van der Waals surface area contributed by atoms with Crippen LogP contribution in [0.25, 0.3) is 10.9 Å². The van der Waals surface area contributed by atoms with Crippen molar-refractivity contribution in [3.8, 4) is 0 Å². The minimum Gasteiger partial charge on any atom is -0.375 e. The van der Waals surface area contributed by atoms with Crippen molar-refractivity contribution < 1.29 is 4.74 Å². The molecular formula is C19H20N4O2S. The van der Waals surface area contributed by atoms with Crippen molar-refractivity contribution in [2.45, 2.75) is 31.9 Å². The van der Waals surface area contributed by atoms with E-state index in [4.69, 9.17) is 14.7 Å². The van der Waals surface area contributed by atoms with Crippen LogP contribution in [0.5, 0.6) is 0 Å². The maximum atomic E-state index is 12.8. The number of anilines is 1. The first-order valence-electron chi connectivity index (χ1n) is 9.01. The van der Waals surface area contributed by atoms with Crippen molar-refractivity contribution in [3.63, 3.8) is 0 Å². The van der Waals surface area contributed by atoms with Gasteiger partial charge >= 0.3 is 0 Å². The van der Waals surface area contributed by atoms with Gasteiger partial charge in [0.15, 0.2) is 5.13 Å². The maximum absolute atomic E-state index is 12.8. The molecule has 1 aromatic carbocycles. The molecular weight excluding hydrogens is 348 g/mol. The smallest absolute Gasteiger partial charge is 0.261 e. The summed E-state index contributed by atoms with van der Waals surface area (Å²) < 4.78 is 7.27. The fourth-order valence-electron chi connectivity index (χ4n) is 3.93. The maximum Gasteiger partial charge on any atom is 0.261 e. The molecule has 1 fully saturated rings. The Hall–Kier alpha value is -2.25. The molecule has 26 heavy (non-hydrogen) atoms. The molecule has 2 aliphatic heterocycles. The van der Waals surface area contributed by atoms with E-state index in [0.717, 1.165) is 48.9 Å². The molecule has 0 amide bonds. The molecule has 0 saturated carbocycles. The highest BCUT2D eigenvalue weighted by atomic mass is 32.1. The number of benzene rings is 1. The molecule has 3 aromatic rings. The van der Waals surface area contributed by atoms with E-state index in [9.17, 15) is 4.79 Å². The lowest BCUT2D eigenvalue weighted by atomic mass is 10.1. The summed E-state index contributed by atoms with van der Waals surface area (Å²) in [7, 11) is 1.83. The van der Waals surface area contributed by atoms with Crippen LogP contribution >= 0.6 is 11.3 Å². The molecule has 7 heteroatoms. The largest absolute Gasteiger partial charge is 0.375 e. The van der Waals surface area contributed by atoms with E-state index in [-0.39, 0.29) is 11.6 Å². The summed E-state index contributed by atoms with van der Waals surface area (Å²) in [6.45, 7) is 2.36. The van der Waals surface area contributed by atoms with E-state index >= 15 is 0 Å². The zero-order chi connectivity index (χ0) is 17.7. The number of fused-ring (bicyclic) bond motifs is 2. The third-order valence-electron chi connectivity index (χ3n) is 5.30. The molecule has 2 aliphatic rings. The lowest BCUT2D eigenvalue weighted by Crippen LogP contribution is -2.30. The van der Waals surface area contributed by atoms with Crippen LogP contribution in [0.4, 0.5) is 5.13 Å². The van der Waals surface area contributed by atoms with E-state index in [1.807, 2.05) is 31.3 Å². The van der Waals surface area contributed by atoms with Crippen LogP contribution in [0.15, 0.2) is 29.1 Å². The Morgan fingerprint density at radius 2 is 2.15 bits per heavy atom. The first kappa shape index (κ1) is 16.0. The Balaban J connectivity index is 1.59. The van der Waals surface area contributed by atoms with Crippen LogP contribution in [0.2, 0.25) is 0 Å². The van der Waals surface area contributed by atoms with Crippen molar-refractivity contribution in [3.05, 3.63) is 51.0 Å². The molecule has 0 N–H and O–H groups in total. The highest BCUT2D eigenvalue weighted by molar-refractivity contribution is 7.15. The number of para-hydroxylation sites is 1. The minimum atomic E-state index is 0.0179. The molecule has 0 spiro atoms. The van der Waals surface area contributed by atoms with Crippen molar-refractivity contribution in [2.75, 3.05) is 18.1 Å². The molecule has 0 aliphatic carbocycles. The quantitative estimate of drug-likeness (QED) is 0.696. The lowest BCUT2D eigenvalue weighted by Gasteiger charge is -2.25. The standard InChI is InChI=1S/C19H20N4O2S/c1-22-17(20-13-6-3-2-5-12(13)18(22)24)15-7-4-9-23(15)19-21-14-8-10-25-11-16(14)26-19/h2-3,5-6,15H,4,7-11H2,1H3. The van der Waals surface area contributed by atoms with Gasteiger partial charge in [0.2, 0.25) is 0 Å². The summed E-state index contributed by atoms with van der Waals surface area (Å²) in [5.74, 6) is 0.829. The normalized spacial score (nSPS) is 19.9. The second-order valence-electron chi connectivity index (χ2n) is 6.87. The molecule has 1 unspecified atom stereocenters. The monoisotopic (exact) mass is 368 g/mol. The SMILES string of the molecule is Cn1c(C2CCCN2c2nc3c(s2)COCC3)nc2ccccc2c1=O. The fraction of sp³-hybridized carbons (Fsp3) is 0.421. The zero-order valence-corrected chi connectivity index (χ0v) is 15.5. The molecule has 6 nitrogen and oxygen atoms in total. The molecule has 134 valence electrons. The number of rotatable bonds is 2. The van der Waals surface area contributed by atoms with Gasteiger partial charge in [0, 0.05) is 20.0 Å². The van der Waals surface area contributed by atoms with Crippen LogP contribution in [0.1, 0.15) is 35.3 Å². The highest BCUT2D eigenvalue weighted by Crippen LogP contribution is 2.39. The molecule has 1 saturated heterocycles. The number of hydrogen-bond donors (Lipinski definition) is 0. The second-order valence-corrected chi connectivity index (χ2v) is 7.93. The average Bonchev–Trinajstić information content (AvgIpc) is 3.31. The second kappa shape index (κ2) is 6.17. The van der Waals surface area contributed by atoms with E-state index in [0.29, 0.717) is 12.0 Å². The van der Waals surface area contributed by atoms with Gasteiger partial charge in [0.05, 0.1) is 40.7 Å². The number of hydrogen-bond acceptors (Lipinski definition) is 6. The first-order chi connectivity index (χ1) is 12.7. The van der Waals surface area contributed by atoms with Gasteiger partial charge in [0.1, 0.15) is 5.82 Å². The lowest BCUT2D eigenvalue weighted by molar-refractivity contribution is 0.112. The summed E-state index contributed by atoms with van der Waals surface area (Å²) in [6, 6.07) is 7.66. The summed E-state index contributed by atoms with van der Waals surface area (Å²) in [4.78, 5) is 26.1. The van der Waals surface area contributed by atoms with E-state index in [1.54, 1.807) is 15.9 Å². The molecule has 2 aromatic heterocycles. The highest BCUT2D eigenvalue weighted by Gasteiger charge is 2.32. The van der Waals surface area contributed by atoms with Crippen LogP contribution in [-0.2, 0) is 24.8 Å². The van der Waals surface area contributed by atoms with Crippen molar-refractivity contribution in [1.82, 2.24) is 14.5 Å². The third-order valence-corrected chi connectivity index (χ3v) is 6.41. The predicted octanol–water partition coefficient (Wildman–Crippen LogP) is 2.80. The van der Waals surface area contributed by atoms with Gasteiger partial charge in [0.25, 0.3) is 5.56 Å². The van der Waals surface area contributed by atoms with Crippen molar-refractivity contribution in [2.24, 2.45) is 7.05 Å². The van der Waals surface area contributed by atoms with Crippen LogP contribution in [-0.4, -0.2) is 27.7 Å². The first-order valence-corrected chi connectivity index (χ1v) is 9.82. The Kier molecular flexibility index (Phi) is 3.79. The predicted molar refractivity (Wildman–Crippen MR) is 102 cm³/mol. The Bertz CT molecular complexity index is 1020. The van der Waals surface area contributed by atoms with Gasteiger partial charge in [-0.05, 0) is 25.0 Å². The average molecular weight is 368 g/mol. The Morgan fingerprint density at radius 1 is 1.27 bits per heavy atom. The van der Waals surface area contributed by atoms with Gasteiger partial charge in [-0.3, -0.25) is 9.36 Å². The van der Waals surface area contributed by atoms with Crippen LogP contribution in [0, 0.1) is 0 Å². The van der Waals surface area contributed by atoms with Gasteiger partial charge in [-0.2, -0.15) is 0 Å². The van der Waals surface area contributed by atoms with Crippen LogP contribution in [0.3, 0.4) is 0 Å². The third kappa shape index (κ3) is 2.46. The minimum absolute atomic E-state index is 0.0179. The summed E-state index contributed by atoms with van der Waals surface area (Å²) in [6.07, 6.45) is 2.95. The number of thiazole rings is 1. The summed E-state index contributed by atoms with van der Waals surface area (Å²) in [5, 5.41) is 1.70. The fourth-order valence-corrected chi connectivity index (χ4v) is 5.05. The van der Waals surface area contributed by atoms with Crippen LogP contribution < -0.4 is 10.5 Å². The molecule has 0 radical (unpaired) electrons. The number of nitrogens with zero attached hydrogens (tertiary/aromatic N) is 4. The van der Waals surface area contributed by atoms with Gasteiger partial charge in [-0.25, -0.2) is 9.97 Å². The van der Waals surface area contributed by atoms with Gasteiger partial charge in [-0.15, -0.1) is 0 Å². The molecule has 1 atom stereocenters. The number of ether oxygens (including phenoxy) is 1. The summed E-state index contributed by atoms with van der Waals surface area (Å²) >= 11 is 1.72. The molecule has 4 heterocycles. The van der Waals surface area contributed by atoms with Crippen molar-refractivity contribution >= 4 is 27.4 Å². The number of aromatic nitrogens is 3. The Labute approximate surface area is 155 Å². The topological polar surface area (TPSA) is 60.3 Å². The van der Waals surface area contributed by atoms with Gasteiger partial charge < -0.3 is 9.64 Å². The zero-order valence-electron chi connectivity index (χ0n) is 14.6. The molecule has 5 rings (SSSR count). The van der Waals surface area contributed by atoms with Crippen molar-refractivity contribution in [1.29, 1.82) is 0 Å². The van der Waals surface area contributed by atoms with E-state index < -0.39 is 0 Å². The van der Waals surface area contributed by atoms with E-state index in [2.05, 4.69) is 4.90 Å².